The molecule has 2 unspecified atom stereocenters. The fraction of sp³-hybridized carbons (Fsp3) is 0.661. The van der Waals surface area contributed by atoms with Gasteiger partial charge in [0.15, 0.2) is 0 Å². The Hall–Kier alpha value is -6.45. The third kappa shape index (κ3) is 20.4. The van der Waals surface area contributed by atoms with Crippen molar-refractivity contribution in [1.82, 2.24) is 35.6 Å². The van der Waals surface area contributed by atoms with Crippen molar-refractivity contribution in [2.24, 2.45) is 29.4 Å². The van der Waals surface area contributed by atoms with Gasteiger partial charge >= 0.3 is 6.09 Å². The van der Waals surface area contributed by atoms with E-state index >= 15 is 0 Å². The number of nitrogens with one attached hydrogen (secondary N) is 4. The Morgan fingerprint density at radius 1 is 0.759 bits per heavy atom. The summed E-state index contributed by atoms with van der Waals surface area (Å²) < 4.78 is 17.3. The molecule has 2 saturated heterocycles. The Morgan fingerprint density at radius 3 is 2.04 bits per heavy atom. The average Bonchev–Trinajstić information content (AvgIpc) is 4.08. The van der Waals surface area contributed by atoms with Crippen LogP contribution in [0.5, 0.6) is 0 Å². The van der Waals surface area contributed by atoms with Crippen LogP contribution in [0.3, 0.4) is 0 Å². The third-order valence-electron chi connectivity index (χ3n) is 16.3. The molecule has 21 heteroatoms. The summed E-state index contributed by atoms with van der Waals surface area (Å²) in [5.41, 5.74) is 7.59. The third-order valence-corrected chi connectivity index (χ3v) is 16.3. The molecule has 462 valence electrons. The van der Waals surface area contributed by atoms with Crippen molar-refractivity contribution in [3.8, 4) is 0 Å². The fourth-order valence-corrected chi connectivity index (χ4v) is 11.1. The zero-order valence-corrected chi connectivity index (χ0v) is 51.4. The number of methoxy groups -OCH3 is 2. The van der Waals surface area contributed by atoms with E-state index in [0.717, 1.165) is 18.4 Å². The molecule has 0 spiro atoms. The maximum atomic E-state index is 14.6. The molecule has 2 heterocycles. The SMILES string of the molecule is CC[C@H](C)[C@@H]([C@@H](CC(=O)N1CCC[C@H]1[C@@H](C)OC)OC)N(C)C(=O)[C@@H](NC(=O)C(C(C)C)N(C)C(=O)OCc1ccc(NC(=O)[C@H](CCCCN)NC(=O)[C@H](Cc2ccccc2)NC(=O)CCCCCN2C(=O)CC(C)C2=O)cc1)C(C)C. The molecule has 2 aliphatic heterocycles. The van der Waals surface area contributed by atoms with Crippen LogP contribution in [0.15, 0.2) is 54.6 Å². The van der Waals surface area contributed by atoms with Gasteiger partial charge < -0.3 is 51.0 Å². The van der Waals surface area contributed by atoms with Gasteiger partial charge in [0.05, 0.1) is 30.7 Å². The van der Waals surface area contributed by atoms with Gasteiger partial charge in [-0.2, -0.15) is 0 Å². The summed E-state index contributed by atoms with van der Waals surface area (Å²) in [7, 11) is 6.34. The molecule has 0 aromatic heterocycles. The summed E-state index contributed by atoms with van der Waals surface area (Å²) in [4.78, 5) is 128. The lowest BCUT2D eigenvalue weighted by Crippen LogP contribution is -2.60. The van der Waals surface area contributed by atoms with E-state index in [1.165, 1.54) is 16.8 Å². The number of amides is 9. The monoisotopic (exact) mass is 1160 g/mol. The number of likely N-dealkylation sites (N-methyl/N-ethyl adjacent to an activating group) is 2. The van der Waals surface area contributed by atoms with Gasteiger partial charge in [0.25, 0.3) is 0 Å². The summed E-state index contributed by atoms with van der Waals surface area (Å²) in [6.45, 7) is 16.2. The number of carbonyl (C=O) groups excluding carboxylic acids is 9. The number of imide groups is 1. The summed E-state index contributed by atoms with van der Waals surface area (Å²) in [5, 5.41) is 11.6. The van der Waals surface area contributed by atoms with Crippen LogP contribution in [-0.4, -0.2) is 169 Å². The van der Waals surface area contributed by atoms with Crippen LogP contribution in [0.4, 0.5) is 10.5 Å². The molecule has 2 aromatic rings. The van der Waals surface area contributed by atoms with Gasteiger partial charge in [-0.1, -0.05) is 104 Å². The van der Waals surface area contributed by atoms with Gasteiger partial charge in [-0.3, -0.25) is 48.2 Å². The van der Waals surface area contributed by atoms with Crippen LogP contribution < -0.4 is 27.0 Å². The largest absolute Gasteiger partial charge is 0.445 e. The highest BCUT2D eigenvalue weighted by atomic mass is 16.6. The van der Waals surface area contributed by atoms with Gasteiger partial charge in [0, 0.05) is 72.3 Å². The van der Waals surface area contributed by atoms with E-state index in [-0.39, 0.29) is 104 Å². The highest BCUT2D eigenvalue weighted by Crippen LogP contribution is 2.28. The van der Waals surface area contributed by atoms with Gasteiger partial charge in [-0.25, -0.2) is 4.79 Å². The molecule has 0 bridgehead atoms. The topological polar surface area (TPSA) is 268 Å². The van der Waals surface area contributed by atoms with Gasteiger partial charge in [-0.05, 0) is 99.4 Å². The zero-order chi connectivity index (χ0) is 61.5. The number of rotatable bonds is 34. The van der Waals surface area contributed by atoms with Crippen molar-refractivity contribution in [2.45, 2.75) is 194 Å². The van der Waals surface area contributed by atoms with Crippen molar-refractivity contribution in [3.05, 3.63) is 65.7 Å². The molecule has 9 amide bonds. The molecule has 4 rings (SSSR count). The molecule has 0 saturated carbocycles. The number of benzene rings is 2. The highest BCUT2D eigenvalue weighted by Gasteiger charge is 2.42. The van der Waals surface area contributed by atoms with E-state index in [4.69, 9.17) is 19.9 Å². The number of nitrogens with zero attached hydrogens (tertiary/aromatic N) is 4. The van der Waals surface area contributed by atoms with E-state index < -0.39 is 60.1 Å². The first-order valence-corrected chi connectivity index (χ1v) is 29.9. The maximum absolute atomic E-state index is 14.6. The Labute approximate surface area is 492 Å². The Kier molecular flexibility index (Phi) is 28.6. The molecule has 2 aromatic carbocycles. The minimum absolute atomic E-state index is 0.0442. The average molecular weight is 1160 g/mol. The minimum atomic E-state index is -1.02. The Morgan fingerprint density at radius 2 is 1.45 bits per heavy atom. The smallest absolute Gasteiger partial charge is 0.410 e. The second-order valence-corrected chi connectivity index (χ2v) is 23.3. The van der Waals surface area contributed by atoms with E-state index in [0.29, 0.717) is 69.4 Å². The number of ether oxygens (including phenoxy) is 3. The number of anilines is 1. The van der Waals surface area contributed by atoms with Crippen LogP contribution in [0.1, 0.15) is 144 Å². The number of unbranched alkanes of at least 4 members (excludes halogenated alkanes) is 3. The van der Waals surface area contributed by atoms with Crippen LogP contribution in [-0.2, 0) is 65.6 Å². The number of carbonyl (C=O) groups is 9. The molecule has 2 fully saturated rings. The zero-order valence-electron chi connectivity index (χ0n) is 51.4. The molecule has 0 aliphatic carbocycles. The first kappa shape index (κ1) is 69.0. The fourth-order valence-electron chi connectivity index (χ4n) is 11.1. The minimum Gasteiger partial charge on any atom is -0.445 e. The lowest BCUT2D eigenvalue weighted by molar-refractivity contribution is -0.147. The van der Waals surface area contributed by atoms with Crippen molar-refractivity contribution >= 4 is 59.0 Å². The standard InChI is InChI=1S/C62H97N9O12/c1-13-41(6)56(50(82-12)37-53(74)70-34-22-26-49(70)43(8)81-11)68(9)61(79)54(39(2)3)67-59(77)55(40(4)5)69(10)62(80)83-38-45-28-30-46(31-29-45)64-57(75)47(25-19-20-32-63)66-58(76)48(36-44-23-16-14-17-24-44)65-51(72)27-18-15-21-33-71-52(73)35-42(7)60(71)78/h14,16-17,23-24,28-31,39-43,47-50,54-56H,13,15,18-22,25-27,32-38,63H2,1-12H3,(H,64,75)(H,65,72)(H,66,76)(H,67,77)/t41-,42?,43+,47-,48-,49-,50+,54-,55?,56-/m0/s1. The highest BCUT2D eigenvalue weighted by molar-refractivity contribution is 6.03. The molecule has 83 heavy (non-hydrogen) atoms. The van der Waals surface area contributed by atoms with E-state index in [1.54, 1.807) is 71.2 Å². The molecular formula is C62H97N9O12. The van der Waals surface area contributed by atoms with Gasteiger partial charge in [0.2, 0.25) is 47.3 Å². The van der Waals surface area contributed by atoms with Crippen LogP contribution in [0, 0.1) is 23.7 Å². The first-order chi connectivity index (χ1) is 39.5. The van der Waals surface area contributed by atoms with Gasteiger partial charge in [0.1, 0.15) is 30.8 Å². The molecule has 2 aliphatic rings. The quantitative estimate of drug-likeness (QED) is 0.0401. The predicted molar refractivity (Wildman–Crippen MR) is 317 cm³/mol. The van der Waals surface area contributed by atoms with E-state index in [1.807, 2.05) is 69.9 Å². The van der Waals surface area contributed by atoms with Crippen molar-refractivity contribution in [2.75, 3.05) is 53.3 Å². The van der Waals surface area contributed by atoms with Crippen LogP contribution in [0.2, 0.25) is 0 Å². The molecular weight excluding hydrogens is 1060 g/mol. The summed E-state index contributed by atoms with van der Waals surface area (Å²) in [5.74, 6) is -3.78. The van der Waals surface area contributed by atoms with E-state index in [2.05, 4.69) is 21.3 Å². The lowest BCUT2D eigenvalue weighted by Gasteiger charge is -2.41. The molecule has 0 radical (unpaired) electrons. The van der Waals surface area contributed by atoms with Crippen LogP contribution in [0.25, 0.3) is 0 Å². The number of nitrogens with two attached hydrogens (primary N) is 1. The van der Waals surface area contributed by atoms with Crippen molar-refractivity contribution in [1.29, 1.82) is 0 Å². The Balaban J connectivity index is 1.37. The lowest BCUT2D eigenvalue weighted by atomic mass is 9.89. The van der Waals surface area contributed by atoms with Crippen LogP contribution >= 0.6 is 0 Å². The maximum Gasteiger partial charge on any atom is 0.410 e. The second kappa shape index (κ2) is 34.4. The molecule has 21 nitrogen and oxygen atoms in total. The van der Waals surface area contributed by atoms with Crippen molar-refractivity contribution < 1.29 is 57.4 Å². The molecule has 10 atom stereocenters. The number of likely N-dealkylation sites (tertiary alicyclic amines) is 2. The Bertz CT molecular complexity index is 2440. The second-order valence-electron chi connectivity index (χ2n) is 23.3. The number of hydrogen-bond acceptors (Lipinski definition) is 13. The molecule has 6 N–H and O–H groups in total. The summed E-state index contributed by atoms with van der Waals surface area (Å²) in [6, 6.07) is 11.3. The predicted octanol–water partition coefficient (Wildman–Crippen LogP) is 5.96. The van der Waals surface area contributed by atoms with Gasteiger partial charge in [-0.15, -0.1) is 0 Å². The summed E-state index contributed by atoms with van der Waals surface area (Å²) >= 11 is 0. The number of hydrogen-bond donors (Lipinski definition) is 5. The normalized spacial score (nSPS) is 18.2. The van der Waals surface area contributed by atoms with Crippen molar-refractivity contribution in [3.63, 3.8) is 0 Å². The first-order valence-electron chi connectivity index (χ1n) is 29.9. The summed E-state index contributed by atoms with van der Waals surface area (Å²) in [6.07, 6.45) is 4.54. The van der Waals surface area contributed by atoms with E-state index in [9.17, 15) is 43.2 Å².